The third-order valence-electron chi connectivity index (χ3n) is 2.99. The number of hydrogen-bond donors (Lipinski definition) is 1. The predicted octanol–water partition coefficient (Wildman–Crippen LogP) is 3.00. The maximum Gasteiger partial charge on any atom is 0.263 e. The van der Waals surface area contributed by atoms with E-state index >= 15 is 0 Å². The van der Waals surface area contributed by atoms with E-state index in [-0.39, 0.29) is 11.5 Å². The zero-order valence-corrected chi connectivity index (χ0v) is 13.2. The molecule has 0 saturated heterocycles. The molecule has 21 heavy (non-hydrogen) atoms. The van der Waals surface area contributed by atoms with Crippen molar-refractivity contribution in [2.75, 3.05) is 18.0 Å². The summed E-state index contributed by atoms with van der Waals surface area (Å²) in [4.78, 5) is 13.9. The molecule has 0 aliphatic heterocycles. The average Bonchev–Trinajstić information content (AvgIpc) is 2.46. The van der Waals surface area contributed by atoms with Crippen molar-refractivity contribution >= 4 is 11.6 Å². The van der Waals surface area contributed by atoms with Crippen LogP contribution in [-0.4, -0.2) is 19.0 Å². The summed E-state index contributed by atoms with van der Waals surface area (Å²) in [6.45, 7) is 9.28. The topological polar surface area (TPSA) is 56.1 Å². The molecule has 0 fully saturated rings. The summed E-state index contributed by atoms with van der Waals surface area (Å²) < 4.78 is 0. The molecule has 0 radical (unpaired) electrons. The van der Waals surface area contributed by atoms with Gasteiger partial charge in [0.15, 0.2) is 0 Å². The molecule has 0 atom stereocenters. The van der Waals surface area contributed by atoms with Gasteiger partial charge in [0.25, 0.3) is 5.91 Å². The smallest absolute Gasteiger partial charge is 0.263 e. The van der Waals surface area contributed by atoms with Crippen molar-refractivity contribution in [3.63, 3.8) is 0 Å². The first-order chi connectivity index (χ1) is 9.97. The first-order valence-corrected chi connectivity index (χ1v) is 7.21. The summed E-state index contributed by atoms with van der Waals surface area (Å²) in [6.07, 6.45) is 1.62. The fourth-order valence-electron chi connectivity index (χ4n) is 1.84. The Kier molecular flexibility index (Phi) is 6.48. The normalized spacial score (nSPS) is 11.1. The van der Waals surface area contributed by atoms with Crippen LogP contribution in [0.25, 0.3) is 0 Å². The van der Waals surface area contributed by atoms with Crippen molar-refractivity contribution in [3.8, 4) is 6.07 Å². The van der Waals surface area contributed by atoms with Crippen LogP contribution in [0.3, 0.4) is 0 Å². The van der Waals surface area contributed by atoms with E-state index in [1.807, 2.05) is 62.9 Å². The standard InChI is InChI=1S/C17H23N3O/c1-5-20(16-8-6-7-14(4)9-16)12-15(10-18)17(21)19-11-13(2)3/h6-9,12-13H,5,11H2,1-4H3,(H,19,21)/b15-12-. The van der Waals surface area contributed by atoms with Crippen molar-refractivity contribution in [1.82, 2.24) is 5.32 Å². The average molecular weight is 285 g/mol. The summed E-state index contributed by atoms with van der Waals surface area (Å²) in [5.41, 5.74) is 2.24. The SMILES string of the molecule is CCN(/C=C(/C#N)C(=O)NCC(C)C)c1cccc(C)c1. The number of rotatable bonds is 6. The summed E-state index contributed by atoms with van der Waals surface area (Å²) in [5.74, 6) is 0.0326. The Labute approximate surface area is 127 Å². The highest BCUT2D eigenvalue weighted by Gasteiger charge is 2.11. The van der Waals surface area contributed by atoms with Crippen molar-refractivity contribution in [2.24, 2.45) is 5.92 Å². The highest BCUT2D eigenvalue weighted by atomic mass is 16.1. The number of hydrogen-bond acceptors (Lipinski definition) is 3. The van der Waals surface area contributed by atoms with Crippen LogP contribution >= 0.6 is 0 Å². The number of benzene rings is 1. The molecular weight excluding hydrogens is 262 g/mol. The van der Waals surface area contributed by atoms with E-state index in [9.17, 15) is 10.1 Å². The van der Waals surface area contributed by atoms with Gasteiger partial charge >= 0.3 is 0 Å². The van der Waals surface area contributed by atoms with Gasteiger partial charge in [0, 0.05) is 25.0 Å². The molecule has 0 unspecified atom stereocenters. The summed E-state index contributed by atoms with van der Waals surface area (Å²) in [7, 11) is 0. The highest BCUT2D eigenvalue weighted by Crippen LogP contribution is 2.17. The monoisotopic (exact) mass is 285 g/mol. The Balaban J connectivity index is 2.93. The van der Waals surface area contributed by atoms with Crippen LogP contribution in [0.15, 0.2) is 36.0 Å². The second-order valence-corrected chi connectivity index (χ2v) is 5.38. The molecule has 0 aliphatic carbocycles. The van der Waals surface area contributed by atoms with Crippen molar-refractivity contribution in [2.45, 2.75) is 27.7 Å². The number of aryl methyl sites for hydroxylation is 1. The second kappa shape index (κ2) is 8.11. The zero-order chi connectivity index (χ0) is 15.8. The van der Waals surface area contributed by atoms with Gasteiger partial charge in [-0.3, -0.25) is 4.79 Å². The molecule has 0 spiro atoms. The van der Waals surface area contributed by atoms with Gasteiger partial charge in [0.05, 0.1) is 0 Å². The Morgan fingerprint density at radius 3 is 2.71 bits per heavy atom. The molecule has 4 heteroatoms. The number of nitrogens with one attached hydrogen (secondary N) is 1. The van der Waals surface area contributed by atoms with Crippen LogP contribution < -0.4 is 10.2 Å². The quantitative estimate of drug-likeness (QED) is 0.645. The van der Waals surface area contributed by atoms with Crippen LogP contribution in [0, 0.1) is 24.2 Å². The first kappa shape index (κ1) is 16.8. The number of amides is 1. The van der Waals surface area contributed by atoms with Gasteiger partial charge in [0.1, 0.15) is 11.6 Å². The van der Waals surface area contributed by atoms with Gasteiger partial charge in [-0.1, -0.05) is 26.0 Å². The Bertz CT molecular complexity index is 555. The van der Waals surface area contributed by atoms with Gasteiger partial charge in [-0.25, -0.2) is 0 Å². The Morgan fingerprint density at radius 2 is 2.19 bits per heavy atom. The Morgan fingerprint density at radius 1 is 1.48 bits per heavy atom. The van der Waals surface area contributed by atoms with Gasteiger partial charge in [-0.2, -0.15) is 5.26 Å². The third-order valence-corrected chi connectivity index (χ3v) is 2.99. The van der Waals surface area contributed by atoms with Crippen molar-refractivity contribution < 1.29 is 4.79 Å². The van der Waals surface area contributed by atoms with E-state index in [0.29, 0.717) is 19.0 Å². The molecule has 1 aromatic carbocycles. The predicted molar refractivity (Wildman–Crippen MR) is 85.7 cm³/mol. The van der Waals surface area contributed by atoms with E-state index in [2.05, 4.69) is 5.32 Å². The molecule has 1 amide bonds. The first-order valence-electron chi connectivity index (χ1n) is 7.21. The Hall–Kier alpha value is -2.28. The van der Waals surface area contributed by atoms with Crippen LogP contribution in [0.4, 0.5) is 5.69 Å². The molecule has 1 aromatic rings. The number of carbonyl (C=O) groups is 1. The van der Waals surface area contributed by atoms with Gasteiger partial charge in [-0.15, -0.1) is 0 Å². The maximum atomic E-state index is 12.0. The van der Waals surface area contributed by atoms with Crippen molar-refractivity contribution in [1.29, 1.82) is 5.26 Å². The summed E-state index contributed by atoms with van der Waals surface area (Å²) in [6, 6.07) is 9.96. The highest BCUT2D eigenvalue weighted by molar-refractivity contribution is 5.97. The van der Waals surface area contributed by atoms with E-state index in [1.54, 1.807) is 6.20 Å². The lowest BCUT2D eigenvalue weighted by Crippen LogP contribution is -2.29. The second-order valence-electron chi connectivity index (χ2n) is 5.38. The van der Waals surface area contributed by atoms with E-state index in [0.717, 1.165) is 11.3 Å². The molecule has 1 rings (SSSR count). The molecule has 0 aromatic heterocycles. The molecule has 0 heterocycles. The lowest BCUT2D eigenvalue weighted by molar-refractivity contribution is -0.117. The molecule has 0 bridgehead atoms. The molecular formula is C17H23N3O. The fraction of sp³-hybridized carbons (Fsp3) is 0.412. The third kappa shape index (κ3) is 5.31. The minimum Gasteiger partial charge on any atom is -0.351 e. The molecule has 0 saturated carbocycles. The minimum atomic E-state index is -0.322. The molecule has 112 valence electrons. The molecule has 1 N–H and O–H groups in total. The van der Waals surface area contributed by atoms with Gasteiger partial charge < -0.3 is 10.2 Å². The van der Waals surface area contributed by atoms with Crippen LogP contribution in [-0.2, 0) is 4.79 Å². The van der Waals surface area contributed by atoms with Gasteiger partial charge in [-0.05, 0) is 37.5 Å². The number of nitriles is 1. The van der Waals surface area contributed by atoms with Crippen molar-refractivity contribution in [3.05, 3.63) is 41.6 Å². The van der Waals surface area contributed by atoms with Gasteiger partial charge in [0.2, 0.25) is 0 Å². The zero-order valence-electron chi connectivity index (χ0n) is 13.2. The van der Waals surface area contributed by atoms with E-state index in [4.69, 9.17) is 0 Å². The number of nitrogens with zero attached hydrogens (tertiary/aromatic N) is 2. The van der Waals surface area contributed by atoms with E-state index < -0.39 is 0 Å². The summed E-state index contributed by atoms with van der Waals surface area (Å²) >= 11 is 0. The minimum absolute atomic E-state index is 0.124. The maximum absolute atomic E-state index is 12.0. The summed E-state index contributed by atoms with van der Waals surface area (Å²) in [5, 5.41) is 12.0. The van der Waals surface area contributed by atoms with Crippen LogP contribution in [0.1, 0.15) is 26.3 Å². The number of anilines is 1. The molecule has 4 nitrogen and oxygen atoms in total. The van der Waals surface area contributed by atoms with Crippen LogP contribution in [0.5, 0.6) is 0 Å². The molecule has 0 aliphatic rings. The number of carbonyl (C=O) groups excluding carboxylic acids is 1. The lowest BCUT2D eigenvalue weighted by atomic mass is 10.2. The van der Waals surface area contributed by atoms with Crippen LogP contribution in [0.2, 0.25) is 0 Å². The largest absolute Gasteiger partial charge is 0.351 e. The fourth-order valence-corrected chi connectivity index (χ4v) is 1.84. The van der Waals surface area contributed by atoms with E-state index in [1.165, 1.54) is 0 Å². The lowest BCUT2D eigenvalue weighted by Gasteiger charge is -2.19.